The minimum atomic E-state index is -1.72. The van der Waals surface area contributed by atoms with Crippen LogP contribution in [0.2, 0.25) is 0 Å². The molecule has 1 saturated carbocycles. The Morgan fingerprint density at radius 1 is 0.886 bits per heavy atom. The van der Waals surface area contributed by atoms with Gasteiger partial charge in [-0.15, -0.1) is 0 Å². The molecule has 0 radical (unpaired) electrons. The Morgan fingerprint density at radius 2 is 1.54 bits per heavy atom. The zero-order valence-electron chi connectivity index (χ0n) is 20.8. The van der Waals surface area contributed by atoms with Crippen molar-refractivity contribution in [3.63, 3.8) is 0 Å². The van der Waals surface area contributed by atoms with Crippen molar-refractivity contribution in [3.8, 4) is 0 Å². The van der Waals surface area contributed by atoms with Crippen molar-refractivity contribution in [2.24, 2.45) is 0 Å². The van der Waals surface area contributed by atoms with Crippen molar-refractivity contribution in [1.29, 1.82) is 0 Å². The number of rotatable bonds is 9. The van der Waals surface area contributed by atoms with Crippen LogP contribution in [-0.2, 0) is 25.2 Å². The molecule has 35 heavy (non-hydrogen) atoms. The van der Waals surface area contributed by atoms with Gasteiger partial charge in [0.25, 0.3) is 0 Å². The monoisotopic (exact) mass is 497 g/mol. The summed E-state index contributed by atoms with van der Waals surface area (Å²) < 4.78 is 12.7. The number of carbonyl (C=O) groups excluding carboxylic acids is 3. The Morgan fingerprint density at radius 3 is 2.20 bits per heavy atom. The Bertz CT molecular complexity index is 1080. The molecule has 2 aromatic carbocycles. The molecule has 2 aromatic rings. The van der Waals surface area contributed by atoms with Gasteiger partial charge in [-0.3, -0.25) is 18.6 Å². The lowest BCUT2D eigenvalue weighted by molar-refractivity contribution is -0.123. The topological polar surface area (TPSA) is 95.6 Å². The van der Waals surface area contributed by atoms with Crippen LogP contribution in [0.15, 0.2) is 42.5 Å². The van der Waals surface area contributed by atoms with Crippen molar-refractivity contribution >= 4 is 39.9 Å². The van der Waals surface area contributed by atoms with Gasteiger partial charge in [-0.1, -0.05) is 54.7 Å². The summed E-state index contributed by atoms with van der Waals surface area (Å²) in [5, 5.41) is 5.75. The fraction of sp³-hybridized carbons (Fsp3) is 0.444. The maximum absolute atomic E-state index is 13.2. The molecule has 1 unspecified atom stereocenters. The average molecular weight is 498 g/mol. The number of hydrogen-bond donors (Lipinski definition) is 2. The van der Waals surface area contributed by atoms with Gasteiger partial charge in [0.05, 0.1) is 0 Å². The third kappa shape index (κ3) is 8.31. The van der Waals surface area contributed by atoms with E-state index in [-0.39, 0.29) is 30.0 Å². The zero-order valence-corrected chi connectivity index (χ0v) is 21.6. The minimum Gasteiger partial charge on any atom is -0.352 e. The second kappa shape index (κ2) is 12.6. The van der Waals surface area contributed by atoms with Gasteiger partial charge in [0.15, 0.2) is 0 Å². The molecule has 0 aliphatic heterocycles. The summed E-state index contributed by atoms with van der Waals surface area (Å²) in [5.41, 5.74) is 4.19. The van der Waals surface area contributed by atoms with Crippen LogP contribution in [0.5, 0.6) is 0 Å². The number of anilines is 2. The second-order valence-electron chi connectivity index (χ2n) is 9.31. The maximum atomic E-state index is 13.2. The smallest absolute Gasteiger partial charge is 0.240 e. The molecule has 0 heterocycles. The number of hydrogen-bond acceptors (Lipinski definition) is 4. The van der Waals surface area contributed by atoms with E-state index in [1.165, 1.54) is 11.3 Å². The largest absolute Gasteiger partial charge is 0.352 e. The highest BCUT2D eigenvalue weighted by atomic mass is 32.2. The highest BCUT2D eigenvalue weighted by Crippen LogP contribution is 2.22. The Kier molecular flexibility index (Phi) is 9.60. The normalized spacial score (nSPS) is 14.7. The Balaban J connectivity index is 1.65. The van der Waals surface area contributed by atoms with Gasteiger partial charge in [-0.2, -0.15) is 0 Å². The average Bonchev–Trinajstić information content (AvgIpc) is 2.80. The standard InChI is InChI=1S/C27H35N3O4S/c1-19-9-12-23(13-10-19)29-26(32)17-35(34)18-27(33)30(24-14-11-20(2)15-21(24)3)16-25(31)28-22-7-5-4-6-8-22/h9-15,22H,4-8,16-18H2,1-3H3,(H,28,31)(H,29,32). The first-order chi connectivity index (χ1) is 16.7. The number of carbonyl (C=O) groups is 3. The van der Waals surface area contributed by atoms with Crippen molar-refractivity contribution in [2.45, 2.75) is 58.9 Å². The van der Waals surface area contributed by atoms with Crippen LogP contribution in [0.4, 0.5) is 11.4 Å². The summed E-state index contributed by atoms with van der Waals surface area (Å²) in [6.07, 6.45) is 5.26. The predicted octanol–water partition coefficient (Wildman–Crippen LogP) is 3.78. The van der Waals surface area contributed by atoms with Gasteiger partial charge in [-0.05, 0) is 57.4 Å². The molecule has 8 heteroatoms. The maximum Gasteiger partial charge on any atom is 0.240 e. The Hall–Kier alpha value is -3.00. The lowest BCUT2D eigenvalue weighted by Gasteiger charge is -2.27. The van der Waals surface area contributed by atoms with E-state index in [2.05, 4.69) is 10.6 Å². The zero-order chi connectivity index (χ0) is 25.4. The third-order valence-electron chi connectivity index (χ3n) is 6.13. The van der Waals surface area contributed by atoms with E-state index in [0.717, 1.165) is 42.4 Å². The van der Waals surface area contributed by atoms with Gasteiger partial charge >= 0.3 is 0 Å². The van der Waals surface area contributed by atoms with Crippen LogP contribution in [0.25, 0.3) is 0 Å². The molecule has 1 aliphatic carbocycles. The number of nitrogens with zero attached hydrogens (tertiary/aromatic N) is 1. The molecule has 188 valence electrons. The molecule has 0 aromatic heterocycles. The van der Waals surface area contributed by atoms with E-state index >= 15 is 0 Å². The molecule has 2 N–H and O–H groups in total. The van der Waals surface area contributed by atoms with Crippen LogP contribution in [-0.4, -0.2) is 46.0 Å². The number of amides is 3. The van der Waals surface area contributed by atoms with Crippen molar-refractivity contribution < 1.29 is 18.6 Å². The lowest BCUT2D eigenvalue weighted by atomic mass is 9.95. The van der Waals surface area contributed by atoms with E-state index in [1.54, 1.807) is 12.1 Å². The summed E-state index contributed by atoms with van der Waals surface area (Å²) in [6.45, 7) is 5.64. The first kappa shape index (κ1) is 26.6. The summed E-state index contributed by atoms with van der Waals surface area (Å²) in [6, 6.07) is 13.1. The van der Waals surface area contributed by atoms with Gasteiger partial charge in [0.2, 0.25) is 17.7 Å². The van der Waals surface area contributed by atoms with E-state index < -0.39 is 22.6 Å². The van der Waals surface area contributed by atoms with E-state index in [9.17, 15) is 18.6 Å². The number of benzene rings is 2. The van der Waals surface area contributed by atoms with Crippen LogP contribution in [0.1, 0.15) is 48.8 Å². The van der Waals surface area contributed by atoms with Gasteiger partial charge in [0.1, 0.15) is 18.1 Å². The van der Waals surface area contributed by atoms with E-state index in [1.807, 2.05) is 51.1 Å². The highest BCUT2D eigenvalue weighted by Gasteiger charge is 2.25. The molecule has 1 fully saturated rings. The molecule has 7 nitrogen and oxygen atoms in total. The molecular formula is C27H35N3O4S. The summed E-state index contributed by atoms with van der Waals surface area (Å²) in [4.78, 5) is 39.8. The van der Waals surface area contributed by atoms with E-state index in [4.69, 9.17) is 0 Å². The molecule has 3 rings (SSSR count). The molecule has 0 bridgehead atoms. The summed E-state index contributed by atoms with van der Waals surface area (Å²) in [5.74, 6) is -1.74. The van der Waals surface area contributed by atoms with Crippen LogP contribution >= 0.6 is 0 Å². The summed E-state index contributed by atoms with van der Waals surface area (Å²) >= 11 is 0. The quantitative estimate of drug-likeness (QED) is 0.551. The fourth-order valence-electron chi connectivity index (χ4n) is 4.33. The molecule has 1 atom stereocenters. The number of nitrogens with one attached hydrogen (secondary N) is 2. The molecule has 3 amide bonds. The number of aryl methyl sites for hydroxylation is 3. The molecule has 0 saturated heterocycles. The molecule has 0 spiro atoms. The SMILES string of the molecule is Cc1ccc(NC(=O)CS(=O)CC(=O)N(CC(=O)NC2CCCCC2)c2ccc(C)cc2C)cc1. The highest BCUT2D eigenvalue weighted by molar-refractivity contribution is 7.86. The van der Waals surface area contributed by atoms with E-state index in [0.29, 0.717) is 11.4 Å². The fourth-order valence-corrected chi connectivity index (χ4v) is 5.22. The van der Waals surface area contributed by atoms with Crippen molar-refractivity contribution in [3.05, 3.63) is 59.2 Å². The van der Waals surface area contributed by atoms with Crippen LogP contribution < -0.4 is 15.5 Å². The predicted molar refractivity (Wildman–Crippen MR) is 141 cm³/mol. The van der Waals surface area contributed by atoms with Crippen LogP contribution in [0.3, 0.4) is 0 Å². The van der Waals surface area contributed by atoms with Gasteiger partial charge in [0, 0.05) is 28.2 Å². The molecular weight excluding hydrogens is 462 g/mol. The first-order valence-corrected chi connectivity index (χ1v) is 13.6. The first-order valence-electron chi connectivity index (χ1n) is 12.1. The van der Waals surface area contributed by atoms with Crippen LogP contribution in [0, 0.1) is 20.8 Å². The minimum absolute atomic E-state index is 0.131. The Labute approximate surface area is 210 Å². The van der Waals surface area contributed by atoms with Gasteiger partial charge in [-0.25, -0.2) is 0 Å². The van der Waals surface area contributed by atoms with Crippen molar-refractivity contribution in [2.75, 3.05) is 28.3 Å². The summed E-state index contributed by atoms with van der Waals surface area (Å²) in [7, 11) is -1.72. The third-order valence-corrected chi connectivity index (χ3v) is 7.28. The second-order valence-corrected chi connectivity index (χ2v) is 10.8. The molecule has 1 aliphatic rings. The lowest BCUT2D eigenvalue weighted by Crippen LogP contribution is -2.46. The van der Waals surface area contributed by atoms with Gasteiger partial charge < -0.3 is 15.5 Å². The van der Waals surface area contributed by atoms with Crippen molar-refractivity contribution in [1.82, 2.24) is 5.32 Å².